The molecule has 3 heterocycles. The smallest absolute Gasteiger partial charge is 0.476 e. The first-order chi connectivity index (χ1) is 21.5. The topological polar surface area (TPSA) is 108 Å². The summed E-state index contributed by atoms with van der Waals surface area (Å²) in [6, 6.07) is 10.4. The number of pyridine rings is 2. The normalized spacial score (nSPS) is 12.7. The standard InChI is InChI=1S/C32H39FN5O6P/c1-8-42-45(40,43-9-2)44-22(3)38-21-29(23-12-13-34-30(33)18-23)28-17-25(20-35-32(28)38)24-15-26(19-27(16-24)41-7)37(6)31(39)11-10-14-36(4)5/h10-13,15-22H,8-9,14H2,1-7H3/b11-10+. The molecule has 4 rings (SSSR count). The number of phosphoric ester groups is 1. The molecule has 45 heavy (non-hydrogen) atoms. The van der Waals surface area contributed by atoms with E-state index in [1.54, 1.807) is 75.0 Å². The Morgan fingerprint density at radius 1 is 1.04 bits per heavy atom. The molecule has 0 N–H and O–H groups in total. The molecule has 1 amide bonds. The molecule has 4 aromatic rings. The number of carbonyl (C=O) groups excluding carboxylic acids is 1. The number of benzene rings is 1. The van der Waals surface area contributed by atoms with Gasteiger partial charge in [0.1, 0.15) is 17.6 Å². The summed E-state index contributed by atoms with van der Waals surface area (Å²) in [5.41, 5.74) is 3.82. The fourth-order valence-corrected chi connectivity index (χ4v) is 5.99. The summed E-state index contributed by atoms with van der Waals surface area (Å²) in [4.78, 5) is 24.9. The van der Waals surface area contributed by atoms with Gasteiger partial charge in [0.2, 0.25) is 11.9 Å². The Bertz CT molecular complexity index is 1720. The van der Waals surface area contributed by atoms with Crippen LogP contribution >= 0.6 is 7.82 Å². The fourth-order valence-electron chi connectivity index (χ4n) is 4.68. The Kier molecular flexibility index (Phi) is 11.2. The van der Waals surface area contributed by atoms with Crippen molar-refractivity contribution in [2.75, 3.05) is 52.9 Å². The Hall–Kier alpha value is -3.93. The number of amides is 1. The van der Waals surface area contributed by atoms with E-state index in [4.69, 9.17) is 23.3 Å². The molecular formula is C32H39FN5O6P. The number of anilines is 1. The highest BCUT2D eigenvalue weighted by molar-refractivity contribution is 7.48. The molecule has 3 aromatic heterocycles. The van der Waals surface area contributed by atoms with Crippen LogP contribution in [0.1, 0.15) is 27.0 Å². The van der Waals surface area contributed by atoms with Gasteiger partial charge >= 0.3 is 7.82 Å². The van der Waals surface area contributed by atoms with E-state index in [9.17, 15) is 13.8 Å². The minimum Gasteiger partial charge on any atom is -0.497 e. The third-order valence-electron chi connectivity index (χ3n) is 6.86. The van der Waals surface area contributed by atoms with E-state index >= 15 is 0 Å². The molecule has 0 aliphatic rings. The summed E-state index contributed by atoms with van der Waals surface area (Å²) in [6.07, 6.45) is 7.35. The van der Waals surface area contributed by atoms with Crippen molar-refractivity contribution in [2.24, 2.45) is 0 Å². The lowest BCUT2D eigenvalue weighted by molar-refractivity contribution is -0.113. The maximum Gasteiger partial charge on any atom is 0.476 e. The monoisotopic (exact) mass is 639 g/mol. The number of ether oxygens (including phenoxy) is 1. The molecule has 240 valence electrons. The van der Waals surface area contributed by atoms with Gasteiger partial charge in [-0.1, -0.05) is 6.08 Å². The molecule has 0 spiro atoms. The van der Waals surface area contributed by atoms with Crippen LogP contribution in [0.15, 0.2) is 67.1 Å². The second-order valence-corrected chi connectivity index (χ2v) is 12.0. The number of halogens is 1. The van der Waals surface area contributed by atoms with E-state index in [1.165, 1.54) is 18.3 Å². The summed E-state index contributed by atoms with van der Waals surface area (Å²) in [6.45, 7) is 6.00. The average molecular weight is 640 g/mol. The number of hydrogen-bond acceptors (Lipinski definition) is 9. The number of nitrogens with zero attached hydrogens (tertiary/aromatic N) is 5. The van der Waals surface area contributed by atoms with Gasteiger partial charge in [-0.25, -0.2) is 14.5 Å². The van der Waals surface area contributed by atoms with Crippen LogP contribution in [0.2, 0.25) is 0 Å². The van der Waals surface area contributed by atoms with Gasteiger partial charge in [0, 0.05) is 72.6 Å². The van der Waals surface area contributed by atoms with E-state index in [1.807, 2.05) is 37.2 Å². The van der Waals surface area contributed by atoms with Crippen LogP contribution in [0.4, 0.5) is 10.1 Å². The predicted octanol–water partition coefficient (Wildman–Crippen LogP) is 6.71. The van der Waals surface area contributed by atoms with Crippen molar-refractivity contribution >= 4 is 30.5 Å². The first kappa shape index (κ1) is 34.0. The van der Waals surface area contributed by atoms with Gasteiger partial charge in [0.25, 0.3) is 0 Å². The molecule has 13 heteroatoms. The number of methoxy groups -OCH3 is 1. The molecule has 0 aliphatic heterocycles. The number of aromatic nitrogens is 3. The van der Waals surface area contributed by atoms with Crippen molar-refractivity contribution in [2.45, 2.75) is 27.0 Å². The van der Waals surface area contributed by atoms with Crippen LogP contribution in [0.3, 0.4) is 0 Å². The van der Waals surface area contributed by atoms with E-state index in [0.717, 1.165) is 11.1 Å². The lowest BCUT2D eigenvalue weighted by Crippen LogP contribution is -2.24. The van der Waals surface area contributed by atoms with Gasteiger partial charge in [-0.3, -0.25) is 18.4 Å². The van der Waals surface area contributed by atoms with Crippen LogP contribution < -0.4 is 9.64 Å². The van der Waals surface area contributed by atoms with E-state index in [-0.39, 0.29) is 19.1 Å². The van der Waals surface area contributed by atoms with Gasteiger partial charge in [-0.2, -0.15) is 4.39 Å². The minimum absolute atomic E-state index is 0.134. The molecule has 1 aromatic carbocycles. The second-order valence-electron chi connectivity index (χ2n) is 10.4. The highest BCUT2D eigenvalue weighted by atomic mass is 31.2. The molecule has 0 aliphatic carbocycles. The quantitative estimate of drug-likeness (QED) is 0.0845. The number of rotatable bonds is 14. The van der Waals surface area contributed by atoms with E-state index in [2.05, 4.69) is 4.98 Å². The van der Waals surface area contributed by atoms with Gasteiger partial charge in [-0.05, 0) is 70.3 Å². The Balaban J connectivity index is 1.82. The Morgan fingerprint density at radius 2 is 1.78 bits per heavy atom. The average Bonchev–Trinajstić information content (AvgIpc) is 3.39. The number of likely N-dealkylation sites (N-methyl/N-ethyl adjacent to an activating group) is 2. The van der Waals surface area contributed by atoms with Crippen molar-refractivity contribution in [3.05, 3.63) is 73.1 Å². The van der Waals surface area contributed by atoms with E-state index < -0.39 is 20.0 Å². The zero-order chi connectivity index (χ0) is 32.7. The number of fused-ring (bicyclic) bond motifs is 1. The summed E-state index contributed by atoms with van der Waals surface area (Å²) in [5.74, 6) is -0.268. The molecule has 11 nitrogen and oxygen atoms in total. The van der Waals surface area contributed by atoms with Gasteiger partial charge < -0.3 is 19.1 Å². The SMILES string of the molecule is CCOP(=O)(OCC)OC(C)n1cc(-c2ccnc(F)c2)c2cc(-c3cc(OC)cc(N(C)C(=O)/C=C/CN(C)C)c3)cnc21. The van der Waals surface area contributed by atoms with Crippen LogP contribution in [0.5, 0.6) is 5.75 Å². The fraction of sp³-hybridized carbons (Fsp3) is 0.344. The van der Waals surface area contributed by atoms with Crippen molar-refractivity contribution in [3.8, 4) is 28.0 Å². The van der Waals surface area contributed by atoms with Crippen LogP contribution in [0, 0.1) is 5.95 Å². The molecule has 1 atom stereocenters. The van der Waals surface area contributed by atoms with Crippen molar-refractivity contribution < 1.29 is 32.1 Å². The van der Waals surface area contributed by atoms with Crippen LogP contribution in [-0.2, 0) is 22.9 Å². The summed E-state index contributed by atoms with van der Waals surface area (Å²) in [7, 11) is 3.25. The lowest BCUT2D eigenvalue weighted by atomic mass is 10.0. The molecule has 1 unspecified atom stereocenters. The molecule has 0 saturated heterocycles. The highest BCUT2D eigenvalue weighted by Crippen LogP contribution is 2.52. The van der Waals surface area contributed by atoms with Gasteiger partial charge in [0.05, 0.1) is 20.3 Å². The Labute approximate surface area is 262 Å². The van der Waals surface area contributed by atoms with Gasteiger partial charge in [-0.15, -0.1) is 0 Å². The summed E-state index contributed by atoms with van der Waals surface area (Å²) < 4.78 is 51.2. The zero-order valence-electron chi connectivity index (χ0n) is 26.6. The maximum atomic E-state index is 14.3. The first-order valence-electron chi connectivity index (χ1n) is 14.5. The summed E-state index contributed by atoms with van der Waals surface area (Å²) in [5, 5.41) is 0.677. The van der Waals surface area contributed by atoms with Crippen molar-refractivity contribution in [1.29, 1.82) is 0 Å². The maximum absolute atomic E-state index is 14.3. The molecule has 0 radical (unpaired) electrons. The molecule has 0 saturated carbocycles. The third kappa shape index (κ3) is 8.22. The lowest BCUT2D eigenvalue weighted by Gasteiger charge is -2.22. The number of hydrogen-bond donors (Lipinski definition) is 0. The van der Waals surface area contributed by atoms with Crippen molar-refractivity contribution in [3.63, 3.8) is 0 Å². The Morgan fingerprint density at radius 3 is 2.42 bits per heavy atom. The van der Waals surface area contributed by atoms with E-state index in [0.29, 0.717) is 40.1 Å². The first-order valence-corrected chi connectivity index (χ1v) is 15.9. The third-order valence-corrected chi connectivity index (χ3v) is 8.58. The molecule has 0 fully saturated rings. The predicted molar refractivity (Wildman–Crippen MR) is 173 cm³/mol. The van der Waals surface area contributed by atoms with Gasteiger partial charge in [0.15, 0.2) is 0 Å². The minimum atomic E-state index is -3.86. The zero-order valence-corrected chi connectivity index (χ0v) is 27.5. The number of phosphoric acid groups is 1. The molecular weight excluding hydrogens is 600 g/mol. The molecule has 0 bridgehead atoms. The second kappa shape index (κ2) is 14.9. The number of carbonyl (C=O) groups is 1. The summed E-state index contributed by atoms with van der Waals surface area (Å²) >= 11 is 0. The highest BCUT2D eigenvalue weighted by Gasteiger charge is 2.30. The van der Waals surface area contributed by atoms with Crippen LogP contribution in [-0.4, -0.2) is 73.4 Å². The van der Waals surface area contributed by atoms with Crippen LogP contribution in [0.25, 0.3) is 33.3 Å². The largest absolute Gasteiger partial charge is 0.497 e. The van der Waals surface area contributed by atoms with Crippen molar-refractivity contribution in [1.82, 2.24) is 19.4 Å².